The van der Waals surface area contributed by atoms with Crippen molar-refractivity contribution in [3.63, 3.8) is 0 Å². The summed E-state index contributed by atoms with van der Waals surface area (Å²) in [5.74, 6) is 0.105. The van der Waals surface area contributed by atoms with Gasteiger partial charge < -0.3 is 14.5 Å². The van der Waals surface area contributed by atoms with Crippen molar-refractivity contribution >= 4 is 17.7 Å². The Labute approximate surface area is 154 Å². The number of hydrogen-bond acceptors (Lipinski definition) is 5. The third-order valence-corrected chi connectivity index (χ3v) is 4.77. The number of nitrogens with zero attached hydrogens (tertiary/aromatic N) is 4. The lowest BCUT2D eigenvalue weighted by Gasteiger charge is -2.40. The van der Waals surface area contributed by atoms with Crippen molar-refractivity contribution in [1.82, 2.24) is 14.8 Å². The van der Waals surface area contributed by atoms with Crippen LogP contribution in [-0.4, -0.2) is 71.2 Å². The first kappa shape index (κ1) is 18.6. The van der Waals surface area contributed by atoms with E-state index in [0.717, 1.165) is 17.7 Å². The number of fused-ring (bicyclic) bond motifs is 1. The van der Waals surface area contributed by atoms with Gasteiger partial charge >= 0.3 is 6.09 Å². The summed E-state index contributed by atoms with van der Waals surface area (Å²) < 4.78 is 5.47. The first-order valence-corrected chi connectivity index (χ1v) is 9.20. The van der Waals surface area contributed by atoms with Crippen LogP contribution in [0.1, 0.15) is 33.3 Å². The number of carbonyl (C=O) groups is 2. The van der Waals surface area contributed by atoms with Crippen LogP contribution < -0.4 is 4.90 Å². The number of carbonyl (C=O) groups excluding carboxylic acids is 2. The molecule has 0 N–H and O–H groups in total. The maximum absolute atomic E-state index is 12.7. The van der Waals surface area contributed by atoms with Gasteiger partial charge in [-0.2, -0.15) is 0 Å². The monoisotopic (exact) mass is 360 g/mol. The summed E-state index contributed by atoms with van der Waals surface area (Å²) in [5, 5.41) is 0. The van der Waals surface area contributed by atoms with Gasteiger partial charge in [0.1, 0.15) is 5.60 Å². The number of hydrogen-bond donors (Lipinski definition) is 0. The molecule has 2 aliphatic heterocycles. The lowest BCUT2D eigenvalue weighted by molar-refractivity contribution is -0.120. The Bertz CT molecular complexity index is 686. The lowest BCUT2D eigenvalue weighted by Crippen LogP contribution is -2.56. The Morgan fingerprint density at radius 2 is 2.04 bits per heavy atom. The first-order valence-electron chi connectivity index (χ1n) is 9.20. The summed E-state index contributed by atoms with van der Waals surface area (Å²) in [6, 6.07) is 1.92. The summed E-state index contributed by atoms with van der Waals surface area (Å²) in [6.45, 7) is 10.6. The van der Waals surface area contributed by atoms with Crippen molar-refractivity contribution in [2.45, 2.75) is 45.8 Å². The van der Waals surface area contributed by atoms with Gasteiger partial charge in [-0.1, -0.05) is 0 Å². The molecule has 3 heterocycles. The molecule has 1 saturated heterocycles. The van der Waals surface area contributed by atoms with Crippen LogP contribution in [0, 0.1) is 0 Å². The fourth-order valence-corrected chi connectivity index (χ4v) is 3.53. The highest BCUT2D eigenvalue weighted by atomic mass is 16.6. The molecule has 1 aromatic rings. The fourth-order valence-electron chi connectivity index (χ4n) is 3.53. The topological polar surface area (TPSA) is 66.0 Å². The van der Waals surface area contributed by atoms with Gasteiger partial charge in [-0.15, -0.1) is 0 Å². The number of aromatic nitrogens is 1. The van der Waals surface area contributed by atoms with Gasteiger partial charge in [0.15, 0.2) is 0 Å². The van der Waals surface area contributed by atoms with E-state index < -0.39 is 5.60 Å². The molecule has 0 aliphatic carbocycles. The van der Waals surface area contributed by atoms with Gasteiger partial charge in [0.05, 0.1) is 6.54 Å². The average molecular weight is 360 g/mol. The normalized spacial score (nSPS) is 20.8. The molecule has 7 nitrogen and oxygen atoms in total. The molecular weight excluding hydrogens is 332 g/mol. The molecule has 0 aromatic carbocycles. The van der Waals surface area contributed by atoms with Crippen molar-refractivity contribution < 1.29 is 14.3 Å². The van der Waals surface area contributed by atoms with Crippen LogP contribution in [0.15, 0.2) is 18.5 Å². The van der Waals surface area contributed by atoms with E-state index in [1.54, 1.807) is 11.1 Å². The Balaban J connectivity index is 1.55. The summed E-state index contributed by atoms with van der Waals surface area (Å²) in [4.78, 5) is 34.9. The number of amides is 2. The molecule has 142 valence electrons. The molecule has 0 saturated carbocycles. The highest BCUT2D eigenvalue weighted by molar-refractivity contribution is 5.96. The van der Waals surface area contributed by atoms with Gasteiger partial charge in [0, 0.05) is 50.3 Å². The number of piperazine rings is 1. The van der Waals surface area contributed by atoms with E-state index in [1.165, 1.54) is 0 Å². The average Bonchev–Trinajstić information content (AvgIpc) is 2.97. The zero-order chi connectivity index (χ0) is 18.9. The van der Waals surface area contributed by atoms with Gasteiger partial charge in [-0.05, 0) is 45.7 Å². The largest absolute Gasteiger partial charge is 0.444 e. The number of pyridine rings is 1. The van der Waals surface area contributed by atoms with E-state index >= 15 is 0 Å². The summed E-state index contributed by atoms with van der Waals surface area (Å²) in [7, 11) is 0. The molecule has 0 bridgehead atoms. The number of ether oxygens (including phenoxy) is 1. The summed E-state index contributed by atoms with van der Waals surface area (Å²) in [6.07, 6.45) is 4.14. The summed E-state index contributed by atoms with van der Waals surface area (Å²) in [5.41, 5.74) is 1.61. The second-order valence-electron chi connectivity index (χ2n) is 8.06. The van der Waals surface area contributed by atoms with Crippen LogP contribution in [0.25, 0.3) is 0 Å². The van der Waals surface area contributed by atoms with Crippen LogP contribution in [0.5, 0.6) is 0 Å². The predicted octanol–water partition coefficient (Wildman–Crippen LogP) is 1.91. The summed E-state index contributed by atoms with van der Waals surface area (Å²) >= 11 is 0. The van der Waals surface area contributed by atoms with Gasteiger partial charge in [0.2, 0.25) is 5.91 Å². The molecule has 26 heavy (non-hydrogen) atoms. The van der Waals surface area contributed by atoms with Gasteiger partial charge in [0.25, 0.3) is 0 Å². The smallest absolute Gasteiger partial charge is 0.410 e. The van der Waals surface area contributed by atoms with E-state index in [1.807, 2.05) is 44.9 Å². The van der Waals surface area contributed by atoms with E-state index in [-0.39, 0.29) is 18.0 Å². The zero-order valence-corrected chi connectivity index (χ0v) is 16.1. The highest BCUT2D eigenvalue weighted by Crippen LogP contribution is 2.27. The molecular formula is C19H28N4O3. The quantitative estimate of drug-likeness (QED) is 0.806. The molecule has 1 fully saturated rings. The number of rotatable bonds is 2. The molecule has 1 unspecified atom stereocenters. The molecule has 2 aliphatic rings. The maximum atomic E-state index is 12.7. The Morgan fingerprint density at radius 1 is 1.27 bits per heavy atom. The van der Waals surface area contributed by atoms with Crippen molar-refractivity contribution in [3.05, 3.63) is 24.0 Å². The fraction of sp³-hybridized carbons (Fsp3) is 0.632. The second kappa shape index (κ2) is 7.23. The van der Waals surface area contributed by atoms with Gasteiger partial charge in [-0.3, -0.25) is 14.7 Å². The molecule has 7 heteroatoms. The predicted molar refractivity (Wildman–Crippen MR) is 99.1 cm³/mol. The van der Waals surface area contributed by atoms with E-state index in [2.05, 4.69) is 9.88 Å². The molecule has 1 aromatic heterocycles. The SMILES string of the molecule is CC1CN(CC(=O)N2CCc3cnccc32)CCN1C(=O)OC(C)(C)C. The van der Waals surface area contributed by atoms with Crippen molar-refractivity contribution in [1.29, 1.82) is 0 Å². The van der Waals surface area contributed by atoms with Crippen LogP contribution in [-0.2, 0) is 16.0 Å². The lowest BCUT2D eigenvalue weighted by atomic mass is 10.2. The minimum atomic E-state index is -0.498. The Morgan fingerprint density at radius 3 is 2.73 bits per heavy atom. The molecule has 3 rings (SSSR count). The third kappa shape index (κ3) is 4.15. The highest BCUT2D eigenvalue weighted by Gasteiger charge is 2.33. The number of anilines is 1. The first-order chi connectivity index (χ1) is 12.2. The minimum Gasteiger partial charge on any atom is -0.444 e. The third-order valence-electron chi connectivity index (χ3n) is 4.77. The van der Waals surface area contributed by atoms with Crippen molar-refractivity contribution in [3.8, 4) is 0 Å². The van der Waals surface area contributed by atoms with Crippen LogP contribution in [0.4, 0.5) is 10.5 Å². The molecule has 0 radical (unpaired) electrons. The van der Waals surface area contributed by atoms with Crippen LogP contribution in [0.2, 0.25) is 0 Å². The Hall–Kier alpha value is -2.15. The minimum absolute atomic E-state index is 0.0152. The van der Waals surface area contributed by atoms with E-state index in [4.69, 9.17) is 4.74 Å². The molecule has 0 spiro atoms. The van der Waals surface area contributed by atoms with E-state index in [9.17, 15) is 9.59 Å². The van der Waals surface area contributed by atoms with Crippen LogP contribution in [0.3, 0.4) is 0 Å². The van der Waals surface area contributed by atoms with Gasteiger partial charge in [-0.25, -0.2) is 4.79 Å². The maximum Gasteiger partial charge on any atom is 0.410 e. The standard InChI is InChI=1S/C19H28N4O3/c1-14-12-21(9-10-22(14)18(25)26-19(2,3)4)13-17(24)23-8-6-15-11-20-7-5-16(15)23/h5,7,11,14H,6,8-10,12-13H2,1-4H3. The molecule has 1 atom stereocenters. The zero-order valence-electron chi connectivity index (χ0n) is 16.1. The second-order valence-corrected chi connectivity index (χ2v) is 8.06. The van der Waals surface area contributed by atoms with Crippen molar-refractivity contribution in [2.24, 2.45) is 0 Å². The molecule has 2 amide bonds. The Kier molecular flexibility index (Phi) is 5.18. The van der Waals surface area contributed by atoms with Crippen LogP contribution >= 0.6 is 0 Å². The van der Waals surface area contributed by atoms with Crippen molar-refractivity contribution in [2.75, 3.05) is 37.6 Å². The van der Waals surface area contributed by atoms with E-state index in [0.29, 0.717) is 32.7 Å².